The van der Waals surface area contributed by atoms with Crippen molar-refractivity contribution in [2.45, 2.75) is 26.1 Å². The van der Waals surface area contributed by atoms with E-state index in [1.165, 1.54) is 12.1 Å². The van der Waals surface area contributed by atoms with Crippen LogP contribution in [-0.4, -0.2) is 0 Å². The maximum absolute atomic E-state index is 12.5. The molecular weight excluding hydrogens is 263 g/mol. The third-order valence-corrected chi connectivity index (χ3v) is 3.25. The summed E-state index contributed by atoms with van der Waals surface area (Å²) in [6.45, 7) is 4.00. The van der Waals surface area contributed by atoms with Crippen LogP contribution in [0.3, 0.4) is 0 Å². The molecule has 20 heavy (non-hydrogen) atoms. The van der Waals surface area contributed by atoms with Crippen LogP contribution in [0.2, 0.25) is 0 Å². The maximum Gasteiger partial charge on any atom is 0.416 e. The summed E-state index contributed by atoms with van der Waals surface area (Å²) in [5, 5.41) is 3.21. The predicted molar refractivity (Wildman–Crippen MR) is 74.7 cm³/mol. The summed E-state index contributed by atoms with van der Waals surface area (Å²) in [5.74, 6) is 0. The Balaban J connectivity index is 2.13. The molecule has 0 aromatic heterocycles. The van der Waals surface area contributed by atoms with Crippen LogP contribution in [0.25, 0.3) is 0 Å². The lowest BCUT2D eigenvalue weighted by molar-refractivity contribution is -0.137. The Labute approximate surface area is 116 Å². The second kappa shape index (κ2) is 5.57. The number of rotatable bonds is 3. The molecule has 1 atom stereocenters. The highest BCUT2D eigenvalue weighted by Crippen LogP contribution is 2.30. The first-order valence-electron chi connectivity index (χ1n) is 6.37. The quantitative estimate of drug-likeness (QED) is 0.815. The molecule has 0 bridgehead atoms. The van der Waals surface area contributed by atoms with Gasteiger partial charge in [-0.1, -0.05) is 24.3 Å². The van der Waals surface area contributed by atoms with Gasteiger partial charge in [-0.3, -0.25) is 0 Å². The fraction of sp³-hybridized carbons (Fsp3) is 0.250. The molecule has 0 fully saturated rings. The molecule has 0 aliphatic rings. The smallest absolute Gasteiger partial charge is 0.379 e. The van der Waals surface area contributed by atoms with Crippen LogP contribution >= 0.6 is 0 Å². The standard InChI is InChI=1S/C16H16F3N/c1-11-5-3-4-6-15(11)12(2)20-14-9-7-13(8-10-14)16(17,18)19/h3-10,12,20H,1-2H3. The van der Waals surface area contributed by atoms with E-state index in [2.05, 4.69) is 5.32 Å². The molecule has 0 spiro atoms. The lowest BCUT2D eigenvalue weighted by atomic mass is 10.0. The third-order valence-electron chi connectivity index (χ3n) is 3.25. The first-order chi connectivity index (χ1) is 9.38. The number of hydrogen-bond acceptors (Lipinski definition) is 1. The van der Waals surface area contributed by atoms with Gasteiger partial charge in [0.05, 0.1) is 5.56 Å². The number of aryl methyl sites for hydroxylation is 1. The first kappa shape index (κ1) is 14.4. The third kappa shape index (κ3) is 3.32. The van der Waals surface area contributed by atoms with Crippen molar-refractivity contribution in [3.63, 3.8) is 0 Å². The van der Waals surface area contributed by atoms with Gasteiger partial charge in [0.15, 0.2) is 0 Å². The Hall–Kier alpha value is -1.97. The largest absolute Gasteiger partial charge is 0.416 e. The van der Waals surface area contributed by atoms with Crippen LogP contribution in [0.1, 0.15) is 29.7 Å². The van der Waals surface area contributed by atoms with E-state index in [1.807, 2.05) is 38.1 Å². The molecule has 0 aliphatic carbocycles. The van der Waals surface area contributed by atoms with E-state index >= 15 is 0 Å². The lowest BCUT2D eigenvalue weighted by Gasteiger charge is -2.18. The second-order valence-corrected chi connectivity index (χ2v) is 4.80. The van der Waals surface area contributed by atoms with E-state index in [-0.39, 0.29) is 6.04 Å². The van der Waals surface area contributed by atoms with Crippen LogP contribution in [0, 0.1) is 6.92 Å². The fourth-order valence-electron chi connectivity index (χ4n) is 2.16. The van der Waals surface area contributed by atoms with Crippen molar-refractivity contribution < 1.29 is 13.2 Å². The Morgan fingerprint density at radius 2 is 1.55 bits per heavy atom. The molecule has 0 saturated carbocycles. The summed E-state index contributed by atoms with van der Waals surface area (Å²) < 4.78 is 37.4. The van der Waals surface area contributed by atoms with Gasteiger partial charge in [-0.05, 0) is 49.2 Å². The zero-order valence-corrected chi connectivity index (χ0v) is 11.3. The first-order valence-corrected chi connectivity index (χ1v) is 6.37. The van der Waals surface area contributed by atoms with E-state index < -0.39 is 11.7 Å². The van der Waals surface area contributed by atoms with Crippen LogP contribution in [0.5, 0.6) is 0 Å². The monoisotopic (exact) mass is 279 g/mol. The van der Waals surface area contributed by atoms with Gasteiger partial charge in [-0.25, -0.2) is 0 Å². The molecule has 1 N–H and O–H groups in total. The minimum atomic E-state index is -4.29. The molecule has 4 heteroatoms. The molecule has 2 aromatic rings. The molecule has 106 valence electrons. The number of alkyl halides is 3. The molecule has 2 rings (SSSR count). The van der Waals surface area contributed by atoms with Crippen molar-refractivity contribution in [1.82, 2.24) is 0 Å². The van der Waals surface area contributed by atoms with Gasteiger partial charge in [-0.2, -0.15) is 13.2 Å². The number of nitrogens with one attached hydrogen (secondary N) is 1. The SMILES string of the molecule is Cc1ccccc1C(C)Nc1ccc(C(F)(F)F)cc1. The van der Waals surface area contributed by atoms with Gasteiger partial charge < -0.3 is 5.32 Å². The Morgan fingerprint density at radius 3 is 2.10 bits per heavy atom. The van der Waals surface area contributed by atoms with Gasteiger partial charge in [0, 0.05) is 11.7 Å². The minimum Gasteiger partial charge on any atom is -0.379 e. The normalized spacial score (nSPS) is 13.1. The van der Waals surface area contributed by atoms with Crippen molar-refractivity contribution in [2.24, 2.45) is 0 Å². The van der Waals surface area contributed by atoms with E-state index in [0.717, 1.165) is 23.3 Å². The highest BCUT2D eigenvalue weighted by atomic mass is 19.4. The second-order valence-electron chi connectivity index (χ2n) is 4.80. The predicted octanol–water partition coefficient (Wildman–Crippen LogP) is 5.19. The number of anilines is 1. The van der Waals surface area contributed by atoms with Crippen LogP contribution < -0.4 is 5.32 Å². The number of hydrogen-bond donors (Lipinski definition) is 1. The minimum absolute atomic E-state index is 0.0351. The van der Waals surface area contributed by atoms with E-state index in [0.29, 0.717) is 5.69 Å². The molecule has 0 aliphatic heterocycles. The summed E-state index contributed by atoms with van der Waals surface area (Å²) in [6.07, 6.45) is -4.29. The fourth-order valence-corrected chi connectivity index (χ4v) is 2.16. The molecule has 1 unspecified atom stereocenters. The topological polar surface area (TPSA) is 12.0 Å². The van der Waals surface area contributed by atoms with Crippen LogP contribution in [-0.2, 0) is 6.18 Å². The summed E-state index contributed by atoms with van der Waals surface area (Å²) in [5.41, 5.74) is 2.33. The summed E-state index contributed by atoms with van der Waals surface area (Å²) in [7, 11) is 0. The average molecular weight is 279 g/mol. The number of benzene rings is 2. The summed E-state index contributed by atoms with van der Waals surface area (Å²) >= 11 is 0. The molecule has 0 amide bonds. The van der Waals surface area contributed by atoms with E-state index in [9.17, 15) is 13.2 Å². The molecule has 2 aromatic carbocycles. The highest BCUT2D eigenvalue weighted by molar-refractivity contribution is 5.47. The average Bonchev–Trinajstić information content (AvgIpc) is 2.38. The highest BCUT2D eigenvalue weighted by Gasteiger charge is 2.29. The van der Waals surface area contributed by atoms with Crippen molar-refractivity contribution in [2.75, 3.05) is 5.32 Å². The Bertz CT molecular complexity index is 573. The molecule has 1 nitrogen and oxygen atoms in total. The van der Waals surface area contributed by atoms with Gasteiger partial charge in [0.1, 0.15) is 0 Å². The van der Waals surface area contributed by atoms with Gasteiger partial charge >= 0.3 is 6.18 Å². The van der Waals surface area contributed by atoms with Crippen LogP contribution in [0.15, 0.2) is 48.5 Å². The number of halogens is 3. The van der Waals surface area contributed by atoms with Crippen molar-refractivity contribution in [3.05, 3.63) is 65.2 Å². The Kier molecular flexibility index (Phi) is 4.02. The molecule has 0 heterocycles. The zero-order chi connectivity index (χ0) is 14.8. The maximum atomic E-state index is 12.5. The summed E-state index contributed by atoms with van der Waals surface area (Å²) in [4.78, 5) is 0. The van der Waals surface area contributed by atoms with Gasteiger partial charge in [-0.15, -0.1) is 0 Å². The van der Waals surface area contributed by atoms with E-state index in [1.54, 1.807) is 0 Å². The van der Waals surface area contributed by atoms with Crippen molar-refractivity contribution in [1.29, 1.82) is 0 Å². The van der Waals surface area contributed by atoms with E-state index in [4.69, 9.17) is 0 Å². The lowest BCUT2D eigenvalue weighted by Crippen LogP contribution is -2.09. The molecule has 0 radical (unpaired) electrons. The van der Waals surface area contributed by atoms with Gasteiger partial charge in [0.2, 0.25) is 0 Å². The van der Waals surface area contributed by atoms with Crippen LogP contribution in [0.4, 0.5) is 18.9 Å². The molecular formula is C16H16F3N. The summed E-state index contributed by atoms with van der Waals surface area (Å²) in [6, 6.07) is 13.1. The van der Waals surface area contributed by atoms with Crippen molar-refractivity contribution >= 4 is 5.69 Å². The van der Waals surface area contributed by atoms with Gasteiger partial charge in [0.25, 0.3) is 0 Å². The zero-order valence-electron chi connectivity index (χ0n) is 11.3. The molecule has 0 saturated heterocycles. The Morgan fingerprint density at radius 1 is 0.950 bits per heavy atom. The van der Waals surface area contributed by atoms with Crippen molar-refractivity contribution in [3.8, 4) is 0 Å².